The van der Waals surface area contributed by atoms with Gasteiger partial charge in [-0.05, 0) is 56.5 Å². The maximum Gasteiger partial charge on any atom is 0.250 e. The second kappa shape index (κ2) is 8.59. The van der Waals surface area contributed by atoms with E-state index in [9.17, 15) is 18.0 Å². The molecule has 1 aromatic heterocycles. The molecule has 2 amide bonds. The molecule has 1 unspecified atom stereocenters. The van der Waals surface area contributed by atoms with Gasteiger partial charge in [-0.3, -0.25) is 14.5 Å². The zero-order valence-corrected chi connectivity index (χ0v) is 19.3. The van der Waals surface area contributed by atoms with E-state index in [1.807, 2.05) is 17.9 Å². The molecule has 0 aliphatic carbocycles. The van der Waals surface area contributed by atoms with Crippen LogP contribution in [-0.2, 0) is 26.2 Å². The smallest absolute Gasteiger partial charge is 0.250 e. The highest BCUT2D eigenvalue weighted by atomic mass is 32.2. The standard InChI is InChI=1S/C22H28N4O5S/c1-15-7-8-16(31-15)13-23-21(27)14-26-20-12-17(32(29,30)24(2)3)9-10-18(20)25-11-5-4-6-19(25)22(26)28/h7-10,12,19H,4-6,11,13-14H2,1-3H3,(H,23,27). The average Bonchev–Trinajstić information content (AvgIpc) is 3.19. The first-order valence-corrected chi connectivity index (χ1v) is 12.1. The molecular weight excluding hydrogens is 432 g/mol. The van der Waals surface area contributed by atoms with Crippen LogP contribution in [0.4, 0.5) is 11.4 Å². The number of piperidine rings is 1. The minimum atomic E-state index is -3.69. The number of rotatable bonds is 6. The number of sulfonamides is 1. The summed E-state index contributed by atoms with van der Waals surface area (Å²) in [6.07, 6.45) is 2.61. The van der Waals surface area contributed by atoms with Crippen LogP contribution < -0.4 is 15.1 Å². The average molecular weight is 461 g/mol. The zero-order chi connectivity index (χ0) is 23.0. The van der Waals surface area contributed by atoms with E-state index >= 15 is 0 Å². The summed E-state index contributed by atoms with van der Waals surface area (Å²) < 4.78 is 32.0. The number of aryl methyl sites for hydroxylation is 1. The van der Waals surface area contributed by atoms with E-state index in [1.54, 1.807) is 18.2 Å². The summed E-state index contributed by atoms with van der Waals surface area (Å²) in [5.41, 5.74) is 1.22. The Bertz CT molecular complexity index is 1140. The van der Waals surface area contributed by atoms with Gasteiger partial charge in [-0.25, -0.2) is 12.7 Å². The number of benzene rings is 1. The van der Waals surface area contributed by atoms with E-state index in [0.29, 0.717) is 17.9 Å². The Labute approximate surface area is 188 Å². The molecule has 4 rings (SSSR count). The molecule has 2 aliphatic rings. The van der Waals surface area contributed by atoms with Crippen LogP contribution in [0.3, 0.4) is 0 Å². The second-order valence-electron chi connectivity index (χ2n) is 8.36. The van der Waals surface area contributed by atoms with Crippen LogP contribution in [-0.4, -0.2) is 57.8 Å². The Morgan fingerprint density at radius 3 is 2.66 bits per heavy atom. The van der Waals surface area contributed by atoms with E-state index in [1.165, 1.54) is 25.1 Å². The summed E-state index contributed by atoms with van der Waals surface area (Å²) in [4.78, 5) is 29.6. The Hall–Kier alpha value is -2.85. The van der Waals surface area contributed by atoms with Crippen LogP contribution in [0.5, 0.6) is 0 Å². The number of hydrogen-bond donors (Lipinski definition) is 1. The fourth-order valence-corrected chi connectivity index (χ4v) is 5.16. The van der Waals surface area contributed by atoms with Crippen LogP contribution in [0.2, 0.25) is 0 Å². The largest absolute Gasteiger partial charge is 0.465 e. The fourth-order valence-electron chi connectivity index (χ4n) is 4.24. The van der Waals surface area contributed by atoms with Crippen molar-refractivity contribution in [3.05, 3.63) is 41.9 Å². The molecule has 1 N–H and O–H groups in total. The zero-order valence-electron chi connectivity index (χ0n) is 18.5. The first-order valence-electron chi connectivity index (χ1n) is 10.6. The van der Waals surface area contributed by atoms with Gasteiger partial charge in [0.05, 0.1) is 22.8 Å². The van der Waals surface area contributed by atoms with E-state index in [2.05, 4.69) is 5.32 Å². The molecule has 0 radical (unpaired) electrons. The SMILES string of the molecule is Cc1ccc(CNC(=O)CN2C(=O)C3CCCCN3c3ccc(S(=O)(=O)N(C)C)cc32)o1. The van der Waals surface area contributed by atoms with Gasteiger partial charge in [0, 0.05) is 20.6 Å². The Morgan fingerprint density at radius 2 is 1.97 bits per heavy atom. The van der Waals surface area contributed by atoms with E-state index in [-0.39, 0.29) is 35.8 Å². The Balaban J connectivity index is 1.64. The number of nitrogens with zero attached hydrogens (tertiary/aromatic N) is 3. The normalized spacial score (nSPS) is 18.5. The highest BCUT2D eigenvalue weighted by Crippen LogP contribution is 2.40. The molecular formula is C22H28N4O5S. The van der Waals surface area contributed by atoms with Gasteiger partial charge in [0.2, 0.25) is 21.8 Å². The molecule has 10 heteroatoms. The lowest BCUT2D eigenvalue weighted by Gasteiger charge is -2.45. The third-order valence-corrected chi connectivity index (χ3v) is 7.75. The molecule has 0 bridgehead atoms. The molecule has 1 atom stereocenters. The van der Waals surface area contributed by atoms with Crippen molar-refractivity contribution < 1.29 is 22.4 Å². The molecule has 2 aromatic rings. The summed E-state index contributed by atoms with van der Waals surface area (Å²) in [5, 5.41) is 2.78. The van der Waals surface area contributed by atoms with Crippen molar-refractivity contribution >= 4 is 33.2 Å². The van der Waals surface area contributed by atoms with Gasteiger partial charge in [0.1, 0.15) is 24.1 Å². The number of amides is 2. The quantitative estimate of drug-likeness (QED) is 0.706. The maximum absolute atomic E-state index is 13.4. The summed E-state index contributed by atoms with van der Waals surface area (Å²) >= 11 is 0. The lowest BCUT2D eigenvalue weighted by molar-refractivity contribution is -0.125. The first kappa shape index (κ1) is 22.3. The van der Waals surface area contributed by atoms with Crippen molar-refractivity contribution in [3.63, 3.8) is 0 Å². The fraction of sp³-hybridized carbons (Fsp3) is 0.455. The number of carbonyl (C=O) groups is 2. The van der Waals surface area contributed by atoms with E-state index < -0.39 is 10.0 Å². The van der Waals surface area contributed by atoms with Crippen molar-refractivity contribution in [1.82, 2.24) is 9.62 Å². The van der Waals surface area contributed by atoms with Crippen LogP contribution in [0.15, 0.2) is 39.6 Å². The van der Waals surface area contributed by atoms with E-state index in [0.717, 1.165) is 35.1 Å². The molecule has 1 saturated heterocycles. The van der Waals surface area contributed by atoms with Gasteiger partial charge >= 0.3 is 0 Å². The van der Waals surface area contributed by atoms with Gasteiger partial charge in [0.25, 0.3) is 0 Å². The minimum Gasteiger partial charge on any atom is -0.465 e. The number of fused-ring (bicyclic) bond motifs is 3. The molecule has 32 heavy (non-hydrogen) atoms. The summed E-state index contributed by atoms with van der Waals surface area (Å²) in [6.45, 7) is 2.57. The number of anilines is 2. The molecule has 0 spiro atoms. The summed E-state index contributed by atoms with van der Waals surface area (Å²) in [6, 6.07) is 8.07. The number of furan rings is 1. The van der Waals surface area contributed by atoms with Gasteiger partial charge in [0.15, 0.2) is 0 Å². The van der Waals surface area contributed by atoms with Crippen LogP contribution >= 0.6 is 0 Å². The molecule has 172 valence electrons. The summed E-state index contributed by atoms with van der Waals surface area (Å²) in [7, 11) is -0.768. The highest BCUT2D eigenvalue weighted by Gasteiger charge is 2.40. The van der Waals surface area contributed by atoms with Crippen LogP contribution in [0.1, 0.15) is 30.8 Å². The van der Waals surface area contributed by atoms with Crippen LogP contribution in [0, 0.1) is 6.92 Å². The molecule has 1 aromatic carbocycles. The van der Waals surface area contributed by atoms with Gasteiger partial charge < -0.3 is 14.6 Å². The number of hydrogen-bond acceptors (Lipinski definition) is 6. The van der Waals surface area contributed by atoms with Crippen molar-refractivity contribution in [3.8, 4) is 0 Å². The first-order chi connectivity index (χ1) is 15.2. The van der Waals surface area contributed by atoms with Crippen molar-refractivity contribution in [1.29, 1.82) is 0 Å². The van der Waals surface area contributed by atoms with Gasteiger partial charge in [-0.2, -0.15) is 0 Å². The monoisotopic (exact) mass is 460 g/mol. The molecule has 0 saturated carbocycles. The third-order valence-electron chi connectivity index (χ3n) is 5.94. The second-order valence-corrected chi connectivity index (χ2v) is 10.5. The molecule has 1 fully saturated rings. The topological polar surface area (TPSA) is 103 Å². The van der Waals surface area contributed by atoms with Gasteiger partial charge in [-0.15, -0.1) is 0 Å². The lowest BCUT2D eigenvalue weighted by atomic mass is 9.96. The molecule has 3 heterocycles. The number of nitrogens with one attached hydrogen (secondary N) is 1. The van der Waals surface area contributed by atoms with E-state index in [4.69, 9.17) is 4.42 Å². The predicted octanol–water partition coefficient (Wildman–Crippen LogP) is 1.86. The highest BCUT2D eigenvalue weighted by molar-refractivity contribution is 7.89. The lowest BCUT2D eigenvalue weighted by Crippen LogP contribution is -2.57. The Kier molecular flexibility index (Phi) is 6.00. The van der Waals surface area contributed by atoms with Crippen LogP contribution in [0.25, 0.3) is 0 Å². The Morgan fingerprint density at radius 1 is 1.19 bits per heavy atom. The predicted molar refractivity (Wildman–Crippen MR) is 120 cm³/mol. The molecule has 2 aliphatic heterocycles. The third kappa shape index (κ3) is 4.12. The van der Waals surface area contributed by atoms with Crippen molar-refractivity contribution in [2.45, 2.75) is 43.7 Å². The van der Waals surface area contributed by atoms with Gasteiger partial charge in [-0.1, -0.05) is 0 Å². The van der Waals surface area contributed by atoms with Crippen molar-refractivity contribution in [2.75, 3.05) is 37.0 Å². The molecule has 9 nitrogen and oxygen atoms in total. The van der Waals surface area contributed by atoms with Crippen molar-refractivity contribution in [2.24, 2.45) is 0 Å². The number of carbonyl (C=O) groups excluding carboxylic acids is 2. The summed E-state index contributed by atoms with van der Waals surface area (Å²) in [5.74, 6) is 0.851. The minimum absolute atomic E-state index is 0.0842. The maximum atomic E-state index is 13.4.